The molecule has 0 radical (unpaired) electrons. The molecule has 8 heteroatoms. The van der Waals surface area contributed by atoms with Crippen LogP contribution in [0.1, 0.15) is 32.6 Å². The Labute approximate surface area is 110 Å². The van der Waals surface area contributed by atoms with Gasteiger partial charge in [0.15, 0.2) is 0 Å². The van der Waals surface area contributed by atoms with Gasteiger partial charge in [-0.1, -0.05) is 19.3 Å². The van der Waals surface area contributed by atoms with Gasteiger partial charge in [0.2, 0.25) is 0 Å². The lowest BCUT2D eigenvalue weighted by molar-refractivity contribution is -0.897. The standard InChI is InChI=1S/C9H20N.C2BF5N/c1-3-4-7-10(2)8-5-6-9-10;4-2(5,6)3(7,8)1-9/h3-9H2,1-2H3;/q+1;-1. The highest BCUT2D eigenvalue weighted by Crippen LogP contribution is 2.29. The summed E-state index contributed by atoms with van der Waals surface area (Å²) >= 11 is 0. The Bertz CT molecular complexity index is 305. The minimum atomic E-state index is -5.83. The van der Waals surface area contributed by atoms with Crippen LogP contribution in [0.25, 0.3) is 0 Å². The minimum Gasteiger partial charge on any atom is -0.459 e. The van der Waals surface area contributed by atoms with E-state index in [9.17, 15) is 21.8 Å². The molecule has 0 aromatic heterocycles. The van der Waals surface area contributed by atoms with Gasteiger partial charge in [0.05, 0.1) is 26.7 Å². The normalized spacial score (nSPS) is 18.4. The number of halogens is 5. The zero-order valence-electron chi connectivity index (χ0n) is 11.3. The van der Waals surface area contributed by atoms with Crippen LogP contribution in [0.2, 0.25) is 0 Å². The van der Waals surface area contributed by atoms with Crippen LogP contribution in [0.15, 0.2) is 0 Å². The van der Waals surface area contributed by atoms with Gasteiger partial charge in [-0.15, -0.1) is 0 Å². The first-order chi connectivity index (χ1) is 8.58. The van der Waals surface area contributed by atoms with Gasteiger partial charge in [0, 0.05) is 12.8 Å². The van der Waals surface area contributed by atoms with E-state index in [1.165, 1.54) is 49.8 Å². The smallest absolute Gasteiger partial charge is 0.459 e. The Kier molecular flexibility index (Phi) is 6.77. The summed E-state index contributed by atoms with van der Waals surface area (Å²) < 4.78 is 56.5. The summed E-state index contributed by atoms with van der Waals surface area (Å²) in [5.41, 5.74) is 0. The molecule has 0 unspecified atom stereocenters. The third kappa shape index (κ3) is 6.23. The van der Waals surface area contributed by atoms with Crippen LogP contribution >= 0.6 is 0 Å². The molecule has 0 spiro atoms. The molecular formula is C11H20BF5N2. The van der Waals surface area contributed by atoms with Gasteiger partial charge in [0.1, 0.15) is 0 Å². The number of nitrogens with zero attached hydrogens (tertiary/aromatic N) is 2. The summed E-state index contributed by atoms with van der Waals surface area (Å²) in [4.78, 5) is 0. The first kappa shape index (κ1) is 18.2. The fourth-order valence-corrected chi connectivity index (χ4v) is 1.94. The summed E-state index contributed by atoms with van der Waals surface area (Å²) in [6.07, 6.45) is -0.000478. The van der Waals surface area contributed by atoms with Gasteiger partial charge in [-0.05, 0) is 6.42 Å². The van der Waals surface area contributed by atoms with Crippen molar-refractivity contribution in [3.63, 3.8) is 0 Å². The van der Waals surface area contributed by atoms with Crippen molar-refractivity contribution >= 4 is 6.70 Å². The summed E-state index contributed by atoms with van der Waals surface area (Å²) in [6.45, 7) is 0.728. The van der Waals surface area contributed by atoms with Gasteiger partial charge in [-0.2, -0.15) is 0 Å². The SMILES string of the molecule is CCCC[N+]1(C)CCCC1.N#C[B-](F)(F)C(F)(F)F. The number of unbranched alkanes of at least 4 members (excludes halogenated alkanes) is 1. The summed E-state index contributed by atoms with van der Waals surface area (Å²) in [6, 6.07) is 0. The number of hydrogen-bond acceptors (Lipinski definition) is 1. The first-order valence-electron chi connectivity index (χ1n) is 6.41. The largest absolute Gasteiger partial charge is 0.509 e. The van der Waals surface area contributed by atoms with Gasteiger partial charge >= 0.3 is 12.8 Å². The van der Waals surface area contributed by atoms with E-state index < -0.39 is 12.8 Å². The van der Waals surface area contributed by atoms with Crippen molar-refractivity contribution < 1.29 is 26.3 Å². The maximum Gasteiger partial charge on any atom is 0.509 e. The van der Waals surface area contributed by atoms with Gasteiger partial charge in [0.25, 0.3) is 0 Å². The van der Waals surface area contributed by atoms with Crippen LogP contribution in [-0.2, 0) is 0 Å². The Morgan fingerprint density at radius 1 is 1.21 bits per heavy atom. The van der Waals surface area contributed by atoms with E-state index in [1.807, 2.05) is 0 Å². The highest BCUT2D eigenvalue weighted by atomic mass is 19.4. The molecule has 0 aromatic carbocycles. The van der Waals surface area contributed by atoms with E-state index in [4.69, 9.17) is 5.26 Å². The summed E-state index contributed by atoms with van der Waals surface area (Å²) in [5.74, 6) is -0.115. The Morgan fingerprint density at radius 3 is 1.95 bits per heavy atom. The van der Waals surface area contributed by atoms with Crippen molar-refractivity contribution in [3.8, 4) is 5.97 Å². The zero-order valence-corrected chi connectivity index (χ0v) is 11.3. The number of nitriles is 1. The van der Waals surface area contributed by atoms with Gasteiger partial charge < -0.3 is 13.1 Å². The molecule has 0 amide bonds. The number of alkyl halides is 3. The second-order valence-electron chi connectivity index (χ2n) is 5.18. The number of rotatable bonds is 3. The average molecular weight is 286 g/mol. The maximum absolute atomic E-state index is 11.2. The van der Waals surface area contributed by atoms with E-state index >= 15 is 0 Å². The van der Waals surface area contributed by atoms with E-state index in [-0.39, 0.29) is 5.97 Å². The fourth-order valence-electron chi connectivity index (χ4n) is 1.94. The van der Waals surface area contributed by atoms with E-state index in [0.717, 1.165) is 0 Å². The van der Waals surface area contributed by atoms with Crippen LogP contribution in [0.3, 0.4) is 0 Å². The van der Waals surface area contributed by atoms with Crippen molar-refractivity contribution in [2.45, 2.75) is 38.7 Å². The predicted octanol–water partition coefficient (Wildman–Crippen LogP) is 3.56. The van der Waals surface area contributed by atoms with E-state index in [1.54, 1.807) is 0 Å². The lowest BCUT2D eigenvalue weighted by Crippen LogP contribution is -2.41. The highest BCUT2D eigenvalue weighted by Gasteiger charge is 2.52. The van der Waals surface area contributed by atoms with Crippen molar-refractivity contribution in [1.82, 2.24) is 0 Å². The van der Waals surface area contributed by atoms with E-state index in [0.29, 0.717) is 0 Å². The topological polar surface area (TPSA) is 23.8 Å². The zero-order chi connectivity index (χ0) is 15.2. The molecule has 0 bridgehead atoms. The summed E-state index contributed by atoms with van der Waals surface area (Å²) in [7, 11) is 2.41. The molecule has 1 rings (SSSR count). The molecule has 2 nitrogen and oxygen atoms in total. The number of likely N-dealkylation sites (tertiary alicyclic amines) is 1. The van der Waals surface area contributed by atoms with Gasteiger partial charge in [-0.3, -0.25) is 0 Å². The number of hydrogen-bond donors (Lipinski definition) is 0. The lowest BCUT2D eigenvalue weighted by Gasteiger charge is -2.28. The Hall–Kier alpha value is -0.835. The van der Waals surface area contributed by atoms with Gasteiger partial charge in [-0.25, -0.2) is 18.4 Å². The third-order valence-corrected chi connectivity index (χ3v) is 3.27. The average Bonchev–Trinajstić information content (AvgIpc) is 2.73. The molecule has 1 saturated heterocycles. The fraction of sp³-hybridized carbons (Fsp3) is 0.909. The van der Waals surface area contributed by atoms with Crippen molar-refractivity contribution in [2.24, 2.45) is 0 Å². The second kappa shape index (κ2) is 7.08. The maximum atomic E-state index is 11.2. The Morgan fingerprint density at radius 2 is 1.68 bits per heavy atom. The molecule has 0 atom stereocenters. The predicted molar refractivity (Wildman–Crippen MR) is 64.6 cm³/mol. The minimum absolute atomic E-state index is 0.115. The number of quaternary nitrogens is 1. The van der Waals surface area contributed by atoms with Crippen molar-refractivity contribution in [2.75, 3.05) is 26.7 Å². The monoisotopic (exact) mass is 286 g/mol. The quantitative estimate of drug-likeness (QED) is 0.442. The molecule has 1 fully saturated rings. The molecule has 112 valence electrons. The van der Waals surface area contributed by atoms with Crippen molar-refractivity contribution in [1.29, 1.82) is 5.26 Å². The second-order valence-corrected chi connectivity index (χ2v) is 5.18. The molecule has 0 N–H and O–H groups in total. The molecule has 1 heterocycles. The molecule has 0 aromatic rings. The molecular weight excluding hydrogens is 266 g/mol. The van der Waals surface area contributed by atoms with Crippen LogP contribution < -0.4 is 0 Å². The molecule has 0 saturated carbocycles. The van der Waals surface area contributed by atoms with Crippen LogP contribution in [-0.4, -0.2) is 43.9 Å². The summed E-state index contributed by atoms with van der Waals surface area (Å²) in [5, 5.41) is 7.24. The molecule has 1 aliphatic rings. The van der Waals surface area contributed by atoms with Crippen molar-refractivity contribution in [3.05, 3.63) is 0 Å². The van der Waals surface area contributed by atoms with Crippen LogP contribution in [0.4, 0.5) is 21.8 Å². The van der Waals surface area contributed by atoms with Crippen LogP contribution in [0.5, 0.6) is 0 Å². The van der Waals surface area contributed by atoms with E-state index in [2.05, 4.69) is 14.0 Å². The molecule has 1 aliphatic heterocycles. The molecule has 19 heavy (non-hydrogen) atoms. The third-order valence-electron chi connectivity index (χ3n) is 3.27. The molecule has 0 aliphatic carbocycles. The Balaban J connectivity index is 0.000000344. The lowest BCUT2D eigenvalue weighted by atomic mass is 9.66. The van der Waals surface area contributed by atoms with Crippen LogP contribution in [0, 0.1) is 11.2 Å². The first-order valence-corrected chi connectivity index (χ1v) is 6.41. The highest BCUT2D eigenvalue weighted by molar-refractivity contribution is 6.75.